The molecule has 0 aliphatic carbocycles. The Bertz CT molecular complexity index is 941. The van der Waals surface area contributed by atoms with E-state index in [-0.39, 0.29) is 23.3 Å². The van der Waals surface area contributed by atoms with Crippen molar-refractivity contribution in [3.05, 3.63) is 71.9 Å². The van der Waals surface area contributed by atoms with E-state index in [1.165, 1.54) is 24.3 Å². The molecule has 3 aromatic rings. The number of halogens is 1. The minimum Gasteiger partial charge on any atom is -0.337 e. The van der Waals surface area contributed by atoms with E-state index in [4.69, 9.17) is 4.52 Å². The molecule has 3 rings (SSSR count). The van der Waals surface area contributed by atoms with Gasteiger partial charge in [0.1, 0.15) is 5.82 Å². The van der Waals surface area contributed by atoms with Crippen LogP contribution in [0.3, 0.4) is 0 Å². The number of rotatable bonds is 6. The zero-order chi connectivity index (χ0) is 17.9. The molecule has 6 nitrogen and oxygen atoms in total. The molecule has 0 amide bonds. The van der Waals surface area contributed by atoms with Gasteiger partial charge in [0, 0.05) is 5.56 Å². The van der Waals surface area contributed by atoms with E-state index in [2.05, 4.69) is 14.9 Å². The smallest absolute Gasteiger partial charge is 0.244 e. The molecule has 1 heterocycles. The Balaban J connectivity index is 1.71. The van der Waals surface area contributed by atoms with E-state index in [1.54, 1.807) is 31.2 Å². The van der Waals surface area contributed by atoms with Gasteiger partial charge in [0.15, 0.2) is 0 Å². The van der Waals surface area contributed by atoms with Crippen molar-refractivity contribution >= 4 is 10.0 Å². The molecule has 0 aliphatic rings. The molecule has 0 fully saturated rings. The number of nitrogens with zero attached hydrogens (tertiary/aromatic N) is 2. The van der Waals surface area contributed by atoms with Gasteiger partial charge in [-0.15, -0.1) is 0 Å². The highest BCUT2D eigenvalue weighted by Gasteiger charge is 2.21. The summed E-state index contributed by atoms with van der Waals surface area (Å²) in [6, 6.07) is 13.8. The monoisotopic (exact) mass is 361 g/mol. The van der Waals surface area contributed by atoms with Crippen LogP contribution in [0.25, 0.3) is 11.4 Å². The van der Waals surface area contributed by atoms with Crippen molar-refractivity contribution in [2.24, 2.45) is 0 Å². The standard InChI is InChI=1S/C17H16FN3O3S/c1-12(21-25(22,23)11-13-5-3-2-4-6-13)17-19-16(20-24-17)14-7-9-15(18)10-8-14/h2-10,12,21H,11H2,1H3/t12-/m1/s1. The quantitative estimate of drug-likeness (QED) is 0.729. The first-order valence-corrected chi connectivity index (χ1v) is 9.22. The molecule has 2 aromatic carbocycles. The first kappa shape index (κ1) is 17.2. The molecular weight excluding hydrogens is 345 g/mol. The number of nitrogens with one attached hydrogen (secondary N) is 1. The summed E-state index contributed by atoms with van der Waals surface area (Å²) >= 11 is 0. The van der Waals surface area contributed by atoms with E-state index in [0.29, 0.717) is 11.1 Å². The van der Waals surface area contributed by atoms with E-state index in [0.717, 1.165) is 0 Å². The molecule has 25 heavy (non-hydrogen) atoms. The molecule has 1 aromatic heterocycles. The second-order valence-corrected chi connectivity index (χ2v) is 7.30. The minimum absolute atomic E-state index is 0.135. The Morgan fingerprint density at radius 3 is 2.48 bits per heavy atom. The van der Waals surface area contributed by atoms with E-state index in [9.17, 15) is 12.8 Å². The third-order valence-electron chi connectivity index (χ3n) is 3.47. The molecule has 0 saturated carbocycles. The van der Waals surface area contributed by atoms with Crippen LogP contribution in [-0.2, 0) is 15.8 Å². The van der Waals surface area contributed by atoms with Gasteiger partial charge < -0.3 is 4.52 Å². The first-order valence-electron chi connectivity index (χ1n) is 7.56. The van der Waals surface area contributed by atoms with Crippen molar-refractivity contribution in [3.8, 4) is 11.4 Å². The lowest BCUT2D eigenvalue weighted by atomic mass is 10.2. The largest absolute Gasteiger partial charge is 0.337 e. The molecule has 1 atom stereocenters. The Morgan fingerprint density at radius 1 is 1.12 bits per heavy atom. The molecule has 1 N–H and O–H groups in total. The number of sulfonamides is 1. The second kappa shape index (κ2) is 7.12. The second-order valence-electron chi connectivity index (χ2n) is 5.55. The minimum atomic E-state index is -3.57. The summed E-state index contributed by atoms with van der Waals surface area (Å²) in [7, 11) is -3.57. The lowest BCUT2D eigenvalue weighted by Crippen LogP contribution is -2.28. The number of benzene rings is 2. The van der Waals surface area contributed by atoms with E-state index in [1.807, 2.05) is 6.07 Å². The van der Waals surface area contributed by atoms with Gasteiger partial charge in [-0.3, -0.25) is 0 Å². The van der Waals surface area contributed by atoms with Crippen LogP contribution in [0.2, 0.25) is 0 Å². The van der Waals surface area contributed by atoms with Crippen molar-refractivity contribution in [3.63, 3.8) is 0 Å². The predicted octanol–water partition coefficient (Wildman–Crippen LogP) is 3.06. The normalized spacial score (nSPS) is 12.9. The summed E-state index contributed by atoms with van der Waals surface area (Å²) in [6.45, 7) is 1.62. The Labute approximate surface area is 144 Å². The van der Waals surface area contributed by atoms with Gasteiger partial charge in [-0.1, -0.05) is 35.5 Å². The summed E-state index contributed by atoms with van der Waals surface area (Å²) < 4.78 is 45.1. The highest BCUT2D eigenvalue weighted by Crippen LogP contribution is 2.19. The predicted molar refractivity (Wildman–Crippen MR) is 90.3 cm³/mol. The maximum Gasteiger partial charge on any atom is 0.244 e. The van der Waals surface area contributed by atoms with E-state index < -0.39 is 16.1 Å². The fraction of sp³-hybridized carbons (Fsp3) is 0.176. The van der Waals surface area contributed by atoms with Crippen LogP contribution >= 0.6 is 0 Å². The average Bonchev–Trinajstić information content (AvgIpc) is 3.06. The van der Waals surface area contributed by atoms with E-state index >= 15 is 0 Å². The molecule has 0 unspecified atom stereocenters. The summed E-state index contributed by atoms with van der Waals surface area (Å²) in [6.07, 6.45) is 0. The highest BCUT2D eigenvalue weighted by molar-refractivity contribution is 7.88. The number of aromatic nitrogens is 2. The maximum atomic E-state index is 13.0. The van der Waals surface area contributed by atoms with Gasteiger partial charge in [-0.05, 0) is 36.8 Å². The van der Waals surface area contributed by atoms with Crippen molar-refractivity contribution in [2.45, 2.75) is 18.7 Å². The zero-order valence-corrected chi connectivity index (χ0v) is 14.2. The zero-order valence-electron chi connectivity index (χ0n) is 13.4. The Kier molecular flexibility index (Phi) is 4.91. The fourth-order valence-electron chi connectivity index (χ4n) is 2.28. The van der Waals surface area contributed by atoms with Gasteiger partial charge >= 0.3 is 0 Å². The van der Waals surface area contributed by atoms with Crippen LogP contribution in [0, 0.1) is 5.82 Å². The van der Waals surface area contributed by atoms with Crippen LogP contribution in [-0.4, -0.2) is 18.6 Å². The molecule has 8 heteroatoms. The van der Waals surface area contributed by atoms with Crippen molar-refractivity contribution in [2.75, 3.05) is 0 Å². The van der Waals surface area contributed by atoms with Crippen molar-refractivity contribution in [1.82, 2.24) is 14.9 Å². The maximum absolute atomic E-state index is 13.0. The molecule has 0 bridgehead atoms. The lowest BCUT2D eigenvalue weighted by Gasteiger charge is -2.10. The molecule has 0 radical (unpaired) electrons. The lowest BCUT2D eigenvalue weighted by molar-refractivity contribution is 0.353. The van der Waals surface area contributed by atoms with Crippen molar-refractivity contribution < 1.29 is 17.3 Å². The van der Waals surface area contributed by atoms with Gasteiger partial charge in [0.25, 0.3) is 0 Å². The van der Waals surface area contributed by atoms with Gasteiger partial charge in [0.05, 0.1) is 11.8 Å². The SMILES string of the molecule is C[C@@H](NS(=O)(=O)Cc1ccccc1)c1nc(-c2ccc(F)cc2)no1. The fourth-order valence-corrected chi connectivity index (χ4v) is 3.64. The van der Waals surface area contributed by atoms with Gasteiger partial charge in [-0.25, -0.2) is 17.5 Å². The topological polar surface area (TPSA) is 85.1 Å². The molecule has 0 aliphatic heterocycles. The molecule has 0 spiro atoms. The Hall–Kier alpha value is -2.58. The number of hydrogen-bond donors (Lipinski definition) is 1. The first-order chi connectivity index (χ1) is 11.9. The average molecular weight is 361 g/mol. The number of hydrogen-bond acceptors (Lipinski definition) is 5. The molecular formula is C17H16FN3O3S. The molecule has 130 valence electrons. The van der Waals surface area contributed by atoms with Crippen LogP contribution in [0.15, 0.2) is 59.1 Å². The highest BCUT2D eigenvalue weighted by atomic mass is 32.2. The van der Waals surface area contributed by atoms with Crippen LogP contribution < -0.4 is 4.72 Å². The summed E-state index contributed by atoms with van der Waals surface area (Å²) in [5, 5.41) is 3.81. The third kappa shape index (κ3) is 4.49. The van der Waals surface area contributed by atoms with Crippen LogP contribution in [0.5, 0.6) is 0 Å². The van der Waals surface area contributed by atoms with Crippen LogP contribution in [0.1, 0.15) is 24.4 Å². The third-order valence-corrected chi connectivity index (χ3v) is 4.90. The van der Waals surface area contributed by atoms with Crippen molar-refractivity contribution in [1.29, 1.82) is 0 Å². The van der Waals surface area contributed by atoms with Crippen LogP contribution in [0.4, 0.5) is 4.39 Å². The summed E-state index contributed by atoms with van der Waals surface area (Å²) in [5.74, 6) is -0.105. The summed E-state index contributed by atoms with van der Waals surface area (Å²) in [4.78, 5) is 4.17. The Morgan fingerprint density at radius 2 is 1.80 bits per heavy atom. The molecule has 0 saturated heterocycles. The van der Waals surface area contributed by atoms with Gasteiger partial charge in [0.2, 0.25) is 21.7 Å². The van der Waals surface area contributed by atoms with Gasteiger partial charge in [-0.2, -0.15) is 4.98 Å². The summed E-state index contributed by atoms with van der Waals surface area (Å²) in [5.41, 5.74) is 1.26.